The first-order chi connectivity index (χ1) is 9.14. The molecule has 0 amide bonds. The average Bonchev–Trinajstić information content (AvgIpc) is 2.74. The van der Waals surface area contributed by atoms with Crippen molar-refractivity contribution in [2.75, 3.05) is 24.5 Å². The molecule has 0 aliphatic carbocycles. The van der Waals surface area contributed by atoms with Crippen molar-refractivity contribution in [1.29, 1.82) is 0 Å². The standard InChI is InChI=1S/C16H23BrN2/c1-3-16(2)11-19(13-6-8-18-9-7-13)15-5-4-12(17)10-14(15)16/h4-5,10,13,18H,3,6-9,11H2,1-2H3. The molecule has 3 rings (SSSR count). The van der Waals surface area contributed by atoms with Gasteiger partial charge in [-0.25, -0.2) is 0 Å². The van der Waals surface area contributed by atoms with Gasteiger partial charge in [0.15, 0.2) is 0 Å². The SMILES string of the molecule is CCC1(C)CN(C2CCNCC2)c2ccc(Br)cc21. The fraction of sp³-hybridized carbons (Fsp3) is 0.625. The number of anilines is 1. The van der Waals surface area contributed by atoms with Crippen LogP contribution in [0.2, 0.25) is 0 Å². The zero-order valence-electron chi connectivity index (χ0n) is 11.9. The fourth-order valence-corrected chi connectivity index (χ4v) is 3.90. The summed E-state index contributed by atoms with van der Waals surface area (Å²) in [5.41, 5.74) is 3.31. The van der Waals surface area contributed by atoms with Crippen LogP contribution < -0.4 is 10.2 Å². The van der Waals surface area contributed by atoms with Gasteiger partial charge in [-0.1, -0.05) is 29.8 Å². The summed E-state index contributed by atoms with van der Waals surface area (Å²) in [6.07, 6.45) is 3.75. The fourth-order valence-electron chi connectivity index (χ4n) is 3.53. The van der Waals surface area contributed by atoms with Crippen LogP contribution in [-0.2, 0) is 5.41 Å². The van der Waals surface area contributed by atoms with Crippen molar-refractivity contribution in [2.24, 2.45) is 0 Å². The number of rotatable bonds is 2. The van der Waals surface area contributed by atoms with Crippen LogP contribution in [0.1, 0.15) is 38.7 Å². The monoisotopic (exact) mass is 322 g/mol. The van der Waals surface area contributed by atoms with Gasteiger partial charge < -0.3 is 10.2 Å². The van der Waals surface area contributed by atoms with E-state index in [9.17, 15) is 0 Å². The minimum atomic E-state index is 0.310. The predicted octanol–water partition coefficient (Wildman–Crippen LogP) is 3.69. The maximum atomic E-state index is 3.63. The van der Waals surface area contributed by atoms with E-state index in [1.807, 2.05) is 0 Å². The zero-order valence-corrected chi connectivity index (χ0v) is 13.5. The van der Waals surface area contributed by atoms with Crippen LogP contribution in [0.15, 0.2) is 22.7 Å². The molecule has 1 fully saturated rings. The average molecular weight is 323 g/mol. The first-order valence-corrected chi connectivity index (χ1v) is 8.21. The molecule has 2 nitrogen and oxygen atoms in total. The van der Waals surface area contributed by atoms with Crippen molar-refractivity contribution in [1.82, 2.24) is 5.32 Å². The third kappa shape index (κ3) is 2.31. The van der Waals surface area contributed by atoms with Crippen LogP contribution in [-0.4, -0.2) is 25.7 Å². The number of hydrogen-bond acceptors (Lipinski definition) is 2. The lowest BCUT2D eigenvalue weighted by Crippen LogP contribution is -2.44. The van der Waals surface area contributed by atoms with E-state index in [4.69, 9.17) is 0 Å². The molecule has 2 aliphatic rings. The molecule has 0 spiro atoms. The van der Waals surface area contributed by atoms with Gasteiger partial charge in [-0.05, 0) is 56.1 Å². The molecule has 1 saturated heterocycles. The maximum Gasteiger partial charge on any atom is 0.0408 e. The highest BCUT2D eigenvalue weighted by Gasteiger charge is 2.40. The molecular weight excluding hydrogens is 300 g/mol. The zero-order chi connectivity index (χ0) is 13.5. The minimum absolute atomic E-state index is 0.310. The van der Waals surface area contributed by atoms with Crippen LogP contribution in [0.3, 0.4) is 0 Å². The third-order valence-electron chi connectivity index (χ3n) is 4.97. The molecule has 2 aliphatic heterocycles. The van der Waals surface area contributed by atoms with Crippen LogP contribution in [0.25, 0.3) is 0 Å². The molecular formula is C16H23BrN2. The van der Waals surface area contributed by atoms with Crippen molar-refractivity contribution < 1.29 is 0 Å². The van der Waals surface area contributed by atoms with Crippen LogP contribution in [0, 0.1) is 0 Å². The topological polar surface area (TPSA) is 15.3 Å². The van der Waals surface area contributed by atoms with Gasteiger partial charge in [0.2, 0.25) is 0 Å². The predicted molar refractivity (Wildman–Crippen MR) is 85.0 cm³/mol. The van der Waals surface area contributed by atoms with Gasteiger partial charge >= 0.3 is 0 Å². The van der Waals surface area contributed by atoms with Crippen LogP contribution in [0.5, 0.6) is 0 Å². The van der Waals surface area contributed by atoms with Gasteiger partial charge in [0.25, 0.3) is 0 Å². The number of benzene rings is 1. The second-order valence-electron chi connectivity index (χ2n) is 6.18. The van der Waals surface area contributed by atoms with Gasteiger partial charge in [0, 0.05) is 28.2 Å². The summed E-state index contributed by atoms with van der Waals surface area (Å²) in [4.78, 5) is 2.67. The van der Waals surface area contributed by atoms with E-state index in [0.29, 0.717) is 5.41 Å². The molecule has 2 heterocycles. The lowest BCUT2D eigenvalue weighted by Gasteiger charge is -2.35. The quantitative estimate of drug-likeness (QED) is 0.893. The summed E-state index contributed by atoms with van der Waals surface area (Å²) in [6, 6.07) is 7.55. The first kappa shape index (κ1) is 13.4. The number of nitrogens with one attached hydrogen (secondary N) is 1. The Kier molecular flexibility index (Phi) is 3.61. The van der Waals surface area contributed by atoms with Gasteiger partial charge in [-0.3, -0.25) is 0 Å². The Morgan fingerprint density at radius 1 is 1.37 bits per heavy atom. The Balaban J connectivity index is 1.97. The summed E-state index contributed by atoms with van der Waals surface area (Å²) < 4.78 is 1.21. The van der Waals surface area contributed by atoms with Crippen molar-refractivity contribution in [3.63, 3.8) is 0 Å². The Bertz CT molecular complexity index is 468. The molecule has 1 aromatic rings. The molecule has 0 aromatic heterocycles. The summed E-state index contributed by atoms with van der Waals surface area (Å²) in [6.45, 7) is 8.24. The lowest BCUT2D eigenvalue weighted by molar-refractivity contribution is 0.401. The molecule has 104 valence electrons. The van der Waals surface area contributed by atoms with E-state index in [1.165, 1.54) is 41.5 Å². The van der Waals surface area contributed by atoms with Crippen molar-refractivity contribution in [3.05, 3.63) is 28.2 Å². The molecule has 19 heavy (non-hydrogen) atoms. The maximum absolute atomic E-state index is 3.63. The molecule has 0 radical (unpaired) electrons. The highest BCUT2D eigenvalue weighted by atomic mass is 79.9. The summed E-state index contributed by atoms with van der Waals surface area (Å²) in [5.74, 6) is 0. The Morgan fingerprint density at radius 2 is 2.11 bits per heavy atom. The second kappa shape index (κ2) is 5.10. The number of fused-ring (bicyclic) bond motifs is 1. The summed E-state index contributed by atoms with van der Waals surface area (Å²) in [5, 5.41) is 3.47. The molecule has 1 unspecified atom stereocenters. The van der Waals surface area contributed by atoms with E-state index in [-0.39, 0.29) is 0 Å². The molecule has 1 N–H and O–H groups in total. The largest absolute Gasteiger partial charge is 0.367 e. The van der Waals surface area contributed by atoms with Crippen molar-refractivity contribution in [3.8, 4) is 0 Å². The second-order valence-corrected chi connectivity index (χ2v) is 7.10. The number of piperidine rings is 1. The molecule has 1 aromatic carbocycles. The smallest absolute Gasteiger partial charge is 0.0408 e. The molecule has 0 saturated carbocycles. The van der Waals surface area contributed by atoms with Gasteiger partial charge in [-0.15, -0.1) is 0 Å². The molecule has 1 atom stereocenters. The number of halogens is 1. The van der Waals surface area contributed by atoms with E-state index in [1.54, 1.807) is 0 Å². The number of nitrogens with zero attached hydrogens (tertiary/aromatic N) is 1. The van der Waals surface area contributed by atoms with Crippen molar-refractivity contribution in [2.45, 2.75) is 44.6 Å². The van der Waals surface area contributed by atoms with E-state index in [0.717, 1.165) is 19.1 Å². The lowest BCUT2D eigenvalue weighted by atomic mass is 9.82. The Labute approximate surface area is 124 Å². The van der Waals surface area contributed by atoms with E-state index in [2.05, 4.69) is 58.2 Å². The Hall–Kier alpha value is -0.540. The van der Waals surface area contributed by atoms with Gasteiger partial charge in [-0.2, -0.15) is 0 Å². The highest BCUT2D eigenvalue weighted by molar-refractivity contribution is 9.10. The number of hydrogen-bond donors (Lipinski definition) is 1. The third-order valence-corrected chi connectivity index (χ3v) is 5.46. The highest BCUT2D eigenvalue weighted by Crippen LogP contribution is 2.45. The summed E-state index contributed by atoms with van der Waals surface area (Å²) >= 11 is 3.63. The Morgan fingerprint density at radius 3 is 2.79 bits per heavy atom. The van der Waals surface area contributed by atoms with E-state index >= 15 is 0 Å². The van der Waals surface area contributed by atoms with Gasteiger partial charge in [0.05, 0.1) is 0 Å². The first-order valence-electron chi connectivity index (χ1n) is 7.41. The molecule has 3 heteroatoms. The van der Waals surface area contributed by atoms with Crippen LogP contribution >= 0.6 is 15.9 Å². The normalized spacial score (nSPS) is 27.6. The van der Waals surface area contributed by atoms with Crippen molar-refractivity contribution >= 4 is 21.6 Å². The molecule has 0 bridgehead atoms. The van der Waals surface area contributed by atoms with E-state index < -0.39 is 0 Å². The summed E-state index contributed by atoms with van der Waals surface area (Å²) in [7, 11) is 0. The minimum Gasteiger partial charge on any atom is -0.367 e. The van der Waals surface area contributed by atoms with Crippen LogP contribution in [0.4, 0.5) is 5.69 Å². The van der Waals surface area contributed by atoms with Gasteiger partial charge in [0.1, 0.15) is 0 Å².